The van der Waals surface area contributed by atoms with Gasteiger partial charge in [-0.15, -0.1) is 11.3 Å². The smallest absolute Gasteiger partial charge is 0.116 e. The van der Waals surface area contributed by atoms with Crippen LogP contribution in [0.1, 0.15) is 29.7 Å². The number of aryl methyl sites for hydroxylation is 1. The summed E-state index contributed by atoms with van der Waals surface area (Å²) in [4.78, 5) is 5.83. The third-order valence-corrected chi connectivity index (χ3v) is 3.68. The van der Waals surface area contributed by atoms with Crippen molar-refractivity contribution in [2.75, 3.05) is 0 Å². The lowest BCUT2D eigenvalue weighted by atomic mass is 10.1. The number of rotatable bonds is 2. The van der Waals surface area contributed by atoms with Crippen molar-refractivity contribution in [3.8, 4) is 17.0 Å². The third kappa shape index (κ3) is 2.09. The number of benzene rings is 1. The molecule has 2 nitrogen and oxygen atoms in total. The molecule has 0 aliphatic heterocycles. The van der Waals surface area contributed by atoms with E-state index in [2.05, 4.69) is 18.8 Å². The van der Waals surface area contributed by atoms with Gasteiger partial charge in [0.25, 0.3) is 0 Å². The first kappa shape index (κ1) is 11.1. The third-order valence-electron chi connectivity index (χ3n) is 2.40. The molecular weight excluding hydrogens is 218 g/mol. The maximum atomic E-state index is 9.49. The fourth-order valence-electron chi connectivity index (χ4n) is 1.69. The monoisotopic (exact) mass is 233 g/mol. The van der Waals surface area contributed by atoms with E-state index in [1.807, 2.05) is 19.1 Å². The quantitative estimate of drug-likeness (QED) is 0.852. The lowest BCUT2D eigenvalue weighted by Crippen LogP contribution is -1.87. The summed E-state index contributed by atoms with van der Waals surface area (Å²) in [6, 6.07) is 7.28. The van der Waals surface area contributed by atoms with Crippen molar-refractivity contribution in [3.05, 3.63) is 34.2 Å². The molecule has 0 unspecified atom stereocenters. The van der Waals surface area contributed by atoms with E-state index in [-0.39, 0.29) is 5.75 Å². The van der Waals surface area contributed by atoms with Crippen LogP contribution < -0.4 is 0 Å². The molecule has 1 N–H and O–H groups in total. The molecule has 1 heterocycles. The number of phenols is 1. The summed E-state index contributed by atoms with van der Waals surface area (Å²) in [5.41, 5.74) is 2.00. The van der Waals surface area contributed by atoms with Crippen molar-refractivity contribution >= 4 is 11.3 Å². The van der Waals surface area contributed by atoms with Crippen LogP contribution in [0.4, 0.5) is 0 Å². The van der Waals surface area contributed by atoms with Crippen LogP contribution in [-0.4, -0.2) is 10.1 Å². The topological polar surface area (TPSA) is 33.1 Å². The molecule has 1 aromatic heterocycles. The van der Waals surface area contributed by atoms with Gasteiger partial charge in [-0.05, 0) is 25.0 Å². The molecule has 2 rings (SSSR count). The summed E-state index contributed by atoms with van der Waals surface area (Å²) in [5.74, 6) is 0.751. The van der Waals surface area contributed by atoms with Crippen LogP contribution in [0.3, 0.4) is 0 Å². The summed E-state index contributed by atoms with van der Waals surface area (Å²) in [7, 11) is 0. The van der Waals surface area contributed by atoms with Gasteiger partial charge in [0.15, 0.2) is 0 Å². The highest BCUT2D eigenvalue weighted by molar-refractivity contribution is 7.12. The summed E-state index contributed by atoms with van der Waals surface area (Å²) in [6.07, 6.45) is 0. The Hall–Kier alpha value is -1.35. The SMILES string of the molecule is Cc1nc(-c2cccc(O)c2)c(C(C)C)s1. The second-order valence-corrected chi connectivity index (χ2v) is 5.39. The van der Waals surface area contributed by atoms with Gasteiger partial charge in [-0.1, -0.05) is 26.0 Å². The fourth-order valence-corrected chi connectivity index (χ4v) is 2.65. The predicted octanol–water partition coefficient (Wildman–Crippen LogP) is 3.95. The van der Waals surface area contributed by atoms with Gasteiger partial charge in [0.1, 0.15) is 5.75 Å². The summed E-state index contributed by atoms with van der Waals surface area (Å²) in [6.45, 7) is 6.35. The number of thiazole rings is 1. The Morgan fingerprint density at radius 3 is 2.69 bits per heavy atom. The average molecular weight is 233 g/mol. The Balaban J connectivity index is 2.55. The zero-order valence-corrected chi connectivity index (χ0v) is 10.5. The highest BCUT2D eigenvalue weighted by Gasteiger charge is 2.14. The Kier molecular flexibility index (Phi) is 2.97. The predicted molar refractivity (Wildman–Crippen MR) is 68.0 cm³/mol. The number of aromatic nitrogens is 1. The molecule has 3 heteroatoms. The normalized spacial score (nSPS) is 11.0. The number of phenolic OH excluding ortho intramolecular Hbond substituents is 1. The first-order valence-corrected chi connectivity index (χ1v) is 6.16. The molecule has 0 spiro atoms. The van der Waals surface area contributed by atoms with E-state index in [1.54, 1.807) is 23.5 Å². The summed E-state index contributed by atoms with van der Waals surface area (Å²) < 4.78 is 0. The van der Waals surface area contributed by atoms with Crippen LogP contribution in [0.25, 0.3) is 11.3 Å². The lowest BCUT2D eigenvalue weighted by Gasteiger charge is -2.05. The minimum atomic E-state index is 0.290. The van der Waals surface area contributed by atoms with Crippen molar-refractivity contribution in [1.29, 1.82) is 0 Å². The van der Waals surface area contributed by atoms with E-state index < -0.39 is 0 Å². The van der Waals surface area contributed by atoms with E-state index in [0.29, 0.717) is 5.92 Å². The van der Waals surface area contributed by atoms with Crippen LogP contribution in [0.2, 0.25) is 0 Å². The van der Waals surface area contributed by atoms with Crippen molar-refractivity contribution < 1.29 is 5.11 Å². The van der Waals surface area contributed by atoms with Crippen LogP contribution in [-0.2, 0) is 0 Å². The van der Waals surface area contributed by atoms with Crippen molar-refractivity contribution in [3.63, 3.8) is 0 Å². The molecule has 0 aliphatic carbocycles. The molecule has 0 saturated heterocycles. The summed E-state index contributed by atoms with van der Waals surface area (Å²) in [5, 5.41) is 10.6. The Labute approximate surface area is 99.6 Å². The standard InChI is InChI=1S/C13H15NOS/c1-8(2)13-12(14-9(3)16-13)10-5-4-6-11(15)7-10/h4-8,15H,1-3H3. The maximum Gasteiger partial charge on any atom is 0.116 e. The average Bonchev–Trinajstić information content (AvgIpc) is 2.60. The number of aromatic hydroxyl groups is 1. The second kappa shape index (κ2) is 4.26. The first-order chi connectivity index (χ1) is 7.58. The number of hydrogen-bond donors (Lipinski definition) is 1. The van der Waals surface area contributed by atoms with Gasteiger partial charge in [-0.25, -0.2) is 4.98 Å². The first-order valence-electron chi connectivity index (χ1n) is 5.34. The minimum Gasteiger partial charge on any atom is -0.508 e. The van der Waals surface area contributed by atoms with Gasteiger partial charge in [0.2, 0.25) is 0 Å². The highest BCUT2D eigenvalue weighted by Crippen LogP contribution is 2.34. The zero-order valence-electron chi connectivity index (χ0n) is 9.69. The lowest BCUT2D eigenvalue weighted by molar-refractivity contribution is 0.475. The fraction of sp³-hybridized carbons (Fsp3) is 0.308. The van der Waals surface area contributed by atoms with E-state index in [1.165, 1.54) is 4.88 Å². The van der Waals surface area contributed by atoms with Gasteiger partial charge in [0.05, 0.1) is 10.7 Å². The van der Waals surface area contributed by atoms with Gasteiger partial charge < -0.3 is 5.11 Å². The maximum absolute atomic E-state index is 9.49. The van der Waals surface area contributed by atoms with Gasteiger partial charge in [-0.2, -0.15) is 0 Å². The number of nitrogens with zero attached hydrogens (tertiary/aromatic N) is 1. The van der Waals surface area contributed by atoms with E-state index in [0.717, 1.165) is 16.3 Å². The van der Waals surface area contributed by atoms with E-state index >= 15 is 0 Å². The molecule has 84 valence electrons. The molecular formula is C13H15NOS. The van der Waals surface area contributed by atoms with Crippen LogP contribution >= 0.6 is 11.3 Å². The van der Waals surface area contributed by atoms with Crippen LogP contribution in [0.15, 0.2) is 24.3 Å². The van der Waals surface area contributed by atoms with Crippen LogP contribution in [0.5, 0.6) is 5.75 Å². The molecule has 0 fully saturated rings. The van der Waals surface area contributed by atoms with E-state index in [4.69, 9.17) is 0 Å². The minimum absolute atomic E-state index is 0.290. The molecule has 0 radical (unpaired) electrons. The van der Waals surface area contributed by atoms with Crippen molar-refractivity contribution in [1.82, 2.24) is 4.98 Å². The van der Waals surface area contributed by atoms with E-state index in [9.17, 15) is 5.11 Å². The molecule has 2 aromatic rings. The second-order valence-electron chi connectivity index (χ2n) is 4.15. The van der Waals surface area contributed by atoms with Gasteiger partial charge in [-0.3, -0.25) is 0 Å². The van der Waals surface area contributed by atoms with Crippen molar-refractivity contribution in [2.24, 2.45) is 0 Å². The largest absolute Gasteiger partial charge is 0.508 e. The molecule has 1 aromatic carbocycles. The highest BCUT2D eigenvalue weighted by atomic mass is 32.1. The molecule has 0 amide bonds. The Morgan fingerprint density at radius 2 is 2.06 bits per heavy atom. The van der Waals surface area contributed by atoms with Gasteiger partial charge in [0, 0.05) is 10.4 Å². The molecule has 16 heavy (non-hydrogen) atoms. The Bertz CT molecular complexity index is 502. The van der Waals surface area contributed by atoms with Crippen LogP contribution in [0, 0.1) is 6.92 Å². The molecule has 0 bridgehead atoms. The van der Waals surface area contributed by atoms with Gasteiger partial charge >= 0.3 is 0 Å². The Morgan fingerprint density at radius 1 is 1.31 bits per heavy atom. The van der Waals surface area contributed by atoms with Crippen molar-refractivity contribution in [2.45, 2.75) is 26.7 Å². The number of hydrogen-bond acceptors (Lipinski definition) is 3. The molecule has 0 atom stereocenters. The molecule has 0 aliphatic rings. The zero-order chi connectivity index (χ0) is 11.7. The molecule has 0 saturated carbocycles. The summed E-state index contributed by atoms with van der Waals surface area (Å²) >= 11 is 1.73.